The van der Waals surface area contributed by atoms with Gasteiger partial charge in [0.2, 0.25) is 12.2 Å². The first kappa shape index (κ1) is 25.1. The summed E-state index contributed by atoms with van der Waals surface area (Å²) in [7, 11) is 0. The number of guanidine groups is 1. The molecule has 1 aliphatic heterocycles. The van der Waals surface area contributed by atoms with Gasteiger partial charge in [0.25, 0.3) is 0 Å². The van der Waals surface area contributed by atoms with E-state index in [4.69, 9.17) is 44.5 Å². The monoisotopic (exact) mass is 365 g/mol. The molecule has 0 saturated carbocycles. The number of alkyl halides is 1. The van der Waals surface area contributed by atoms with Crippen molar-refractivity contribution >= 4 is 17.6 Å². The minimum absolute atomic E-state index is 0.197. The summed E-state index contributed by atoms with van der Waals surface area (Å²) in [6.45, 7) is 8.02. The van der Waals surface area contributed by atoms with E-state index in [-0.39, 0.29) is 5.96 Å². The second-order valence-electron chi connectivity index (χ2n) is 4.57. The molecule has 0 amide bonds. The lowest BCUT2D eigenvalue weighted by Gasteiger charge is -2.06. The largest absolute Gasteiger partial charge is 0.372 e. The number of nitriles is 1. The number of epoxide rings is 1. The fourth-order valence-electron chi connectivity index (χ4n) is 1.15. The zero-order valence-electron chi connectivity index (χ0n) is 14.1. The molecule has 0 radical (unpaired) electrons. The Kier molecular flexibility index (Phi) is 22.8. The molecule has 1 atom stereocenters. The molecule has 0 spiro atoms. The second kappa shape index (κ2) is 21.8. The van der Waals surface area contributed by atoms with Crippen LogP contribution in [-0.2, 0) is 4.74 Å². The summed E-state index contributed by atoms with van der Waals surface area (Å²) >= 11 is 5.27. The normalized spacial score (nSPS) is 14.3. The number of halogens is 1. The number of nitrogens with one attached hydrogen (secondary N) is 3. The van der Waals surface area contributed by atoms with Crippen molar-refractivity contribution in [1.29, 1.82) is 5.26 Å². The van der Waals surface area contributed by atoms with E-state index in [2.05, 4.69) is 20.9 Å². The van der Waals surface area contributed by atoms with Crippen LogP contribution in [0.1, 0.15) is 0 Å². The zero-order valence-corrected chi connectivity index (χ0v) is 14.9. The van der Waals surface area contributed by atoms with Gasteiger partial charge >= 0.3 is 0 Å². The predicted octanol–water partition coefficient (Wildman–Crippen LogP) is -2.96. The molecule has 24 heavy (non-hydrogen) atoms. The van der Waals surface area contributed by atoms with E-state index in [1.54, 1.807) is 0 Å². The molecule has 0 aromatic rings. The van der Waals surface area contributed by atoms with Crippen LogP contribution in [0.2, 0.25) is 0 Å². The number of aliphatic imine (C=N–C) groups is 1. The molecule has 142 valence electrons. The highest BCUT2D eigenvalue weighted by molar-refractivity contribution is 6.18. The fourth-order valence-corrected chi connectivity index (χ4v) is 1.33. The zero-order chi connectivity index (χ0) is 18.5. The van der Waals surface area contributed by atoms with Crippen molar-refractivity contribution in [2.24, 2.45) is 27.9 Å². The van der Waals surface area contributed by atoms with E-state index < -0.39 is 0 Å². The third kappa shape index (κ3) is 28.9. The van der Waals surface area contributed by atoms with Crippen molar-refractivity contribution in [3.63, 3.8) is 0 Å². The Labute approximate surface area is 149 Å². The Morgan fingerprint density at radius 1 is 1.04 bits per heavy atom. The van der Waals surface area contributed by atoms with Crippen molar-refractivity contribution < 1.29 is 4.74 Å². The maximum atomic E-state index is 7.64. The molecular weight excluding hydrogens is 334 g/mol. The number of hydrogen-bond donors (Lipinski definition) is 7. The summed E-state index contributed by atoms with van der Waals surface area (Å²) in [6.07, 6.45) is 1.80. The van der Waals surface area contributed by atoms with Gasteiger partial charge in [-0.25, -0.2) is 0 Å². The highest BCUT2D eigenvalue weighted by Gasteiger charge is 2.19. The molecule has 0 bridgehead atoms. The SMILES string of the molecule is ClCC1CO1.N#CN=C(N)N.NCCNCCNCCNCCN. The van der Waals surface area contributed by atoms with Crippen LogP contribution in [0, 0.1) is 11.5 Å². The van der Waals surface area contributed by atoms with Gasteiger partial charge < -0.3 is 43.6 Å². The minimum Gasteiger partial charge on any atom is -0.372 e. The smallest absolute Gasteiger partial charge is 0.209 e. The first-order valence-corrected chi connectivity index (χ1v) is 8.33. The van der Waals surface area contributed by atoms with E-state index in [0.717, 1.165) is 45.9 Å². The summed E-state index contributed by atoms with van der Waals surface area (Å²) in [4.78, 5) is 2.90. The maximum Gasteiger partial charge on any atom is 0.209 e. The lowest BCUT2D eigenvalue weighted by molar-refractivity contribution is 0.425. The van der Waals surface area contributed by atoms with E-state index in [1.807, 2.05) is 0 Å². The molecule has 10 nitrogen and oxygen atoms in total. The molecule has 0 aromatic carbocycles. The first-order valence-electron chi connectivity index (χ1n) is 7.79. The van der Waals surface area contributed by atoms with Crippen molar-refractivity contribution in [3.05, 3.63) is 0 Å². The van der Waals surface area contributed by atoms with E-state index in [9.17, 15) is 0 Å². The average molecular weight is 366 g/mol. The Balaban J connectivity index is 0. The van der Waals surface area contributed by atoms with Gasteiger partial charge in [0.05, 0.1) is 18.6 Å². The van der Waals surface area contributed by atoms with Gasteiger partial charge in [0.15, 0.2) is 0 Å². The number of nitrogens with zero attached hydrogens (tertiary/aromatic N) is 2. The summed E-state index contributed by atoms with van der Waals surface area (Å²) in [5.41, 5.74) is 20.1. The van der Waals surface area contributed by atoms with Gasteiger partial charge in [0.1, 0.15) is 0 Å². The average Bonchev–Trinajstić information content (AvgIpc) is 3.39. The number of nitrogens with two attached hydrogens (primary N) is 4. The van der Waals surface area contributed by atoms with Crippen LogP contribution in [0.5, 0.6) is 0 Å². The molecule has 1 rings (SSSR count). The van der Waals surface area contributed by atoms with Gasteiger partial charge in [-0.15, -0.1) is 16.6 Å². The number of hydrogen-bond acceptors (Lipinski definition) is 8. The summed E-state index contributed by atoms with van der Waals surface area (Å²) in [6, 6.07) is 0. The molecule has 0 aliphatic carbocycles. The lowest BCUT2D eigenvalue weighted by Crippen LogP contribution is -2.35. The van der Waals surface area contributed by atoms with Gasteiger partial charge in [-0.1, -0.05) is 0 Å². The molecular formula is C13H32ClN9O. The van der Waals surface area contributed by atoms with Gasteiger partial charge in [-0.05, 0) is 0 Å². The standard InChI is InChI=1S/C8H23N5.C3H5ClO.C2H4N4/c9-1-3-11-5-7-13-8-6-12-4-2-10;4-1-3-2-5-3;3-1-6-2(4)5/h11-13H,1-10H2;3H,1-2H2;(H4,4,5,6). The quantitative estimate of drug-likeness (QED) is 0.0500. The maximum absolute atomic E-state index is 7.64. The van der Waals surface area contributed by atoms with Crippen LogP contribution in [0.15, 0.2) is 4.99 Å². The second-order valence-corrected chi connectivity index (χ2v) is 4.88. The molecule has 1 saturated heterocycles. The van der Waals surface area contributed by atoms with Crippen LogP contribution in [0.25, 0.3) is 0 Å². The van der Waals surface area contributed by atoms with Crippen molar-refractivity contribution in [2.45, 2.75) is 6.10 Å². The Morgan fingerprint density at radius 2 is 1.46 bits per heavy atom. The predicted molar refractivity (Wildman–Crippen MR) is 98.6 cm³/mol. The van der Waals surface area contributed by atoms with E-state index in [0.29, 0.717) is 25.1 Å². The third-order valence-corrected chi connectivity index (χ3v) is 2.70. The van der Waals surface area contributed by atoms with Crippen molar-refractivity contribution in [3.8, 4) is 6.19 Å². The molecule has 1 heterocycles. The number of rotatable bonds is 11. The lowest BCUT2D eigenvalue weighted by atomic mass is 10.5. The molecule has 1 unspecified atom stereocenters. The molecule has 11 heteroatoms. The topological polar surface area (TPSA) is 189 Å². The Bertz CT molecular complexity index is 307. The van der Waals surface area contributed by atoms with Crippen LogP contribution in [0.3, 0.4) is 0 Å². The molecule has 1 aliphatic rings. The first-order chi connectivity index (χ1) is 11.6. The van der Waals surface area contributed by atoms with Crippen LogP contribution >= 0.6 is 11.6 Å². The van der Waals surface area contributed by atoms with Gasteiger partial charge in [0, 0.05) is 52.4 Å². The minimum atomic E-state index is -0.197. The van der Waals surface area contributed by atoms with Crippen LogP contribution in [-0.4, -0.2) is 76.9 Å². The summed E-state index contributed by atoms with van der Waals surface area (Å²) in [5, 5.41) is 17.4. The molecule has 0 aromatic heterocycles. The summed E-state index contributed by atoms with van der Waals surface area (Å²) in [5.74, 6) is 0.470. The third-order valence-electron chi connectivity index (χ3n) is 2.35. The Morgan fingerprint density at radius 3 is 1.62 bits per heavy atom. The number of ether oxygens (including phenoxy) is 1. The molecule has 1 fully saturated rings. The molecule has 11 N–H and O–H groups in total. The fraction of sp³-hybridized carbons (Fsp3) is 0.846. The Hall–Kier alpha value is -1.19. The van der Waals surface area contributed by atoms with Gasteiger partial charge in [-0.2, -0.15) is 5.26 Å². The van der Waals surface area contributed by atoms with Crippen molar-refractivity contribution in [2.75, 3.05) is 64.8 Å². The van der Waals surface area contributed by atoms with Crippen LogP contribution < -0.4 is 38.9 Å². The van der Waals surface area contributed by atoms with E-state index in [1.165, 1.54) is 6.19 Å². The van der Waals surface area contributed by atoms with E-state index >= 15 is 0 Å². The van der Waals surface area contributed by atoms with Gasteiger partial charge in [-0.3, -0.25) is 0 Å². The summed E-state index contributed by atoms with van der Waals surface area (Å²) < 4.78 is 4.73. The van der Waals surface area contributed by atoms with Crippen molar-refractivity contribution in [1.82, 2.24) is 16.0 Å². The highest BCUT2D eigenvalue weighted by Crippen LogP contribution is 2.08. The van der Waals surface area contributed by atoms with Crippen LogP contribution in [0.4, 0.5) is 0 Å². The highest BCUT2D eigenvalue weighted by atomic mass is 35.5.